The molecule has 0 radical (unpaired) electrons. The Morgan fingerprint density at radius 2 is 2.00 bits per heavy atom. The molecule has 0 unspecified atom stereocenters. The van der Waals surface area contributed by atoms with Crippen LogP contribution in [0.2, 0.25) is 0 Å². The molecule has 0 aliphatic rings. The summed E-state index contributed by atoms with van der Waals surface area (Å²) in [4.78, 5) is 8.76. The molecule has 88 valence electrons. The summed E-state index contributed by atoms with van der Waals surface area (Å²) in [5.41, 5.74) is 8.90. The summed E-state index contributed by atoms with van der Waals surface area (Å²) in [6.45, 7) is 4.10. The summed E-state index contributed by atoms with van der Waals surface area (Å²) >= 11 is 3.48. The minimum atomic E-state index is 0.521. The van der Waals surface area contributed by atoms with Crippen LogP contribution < -0.4 is 5.73 Å². The van der Waals surface area contributed by atoms with E-state index < -0.39 is 0 Å². The fourth-order valence-electron chi connectivity index (χ4n) is 1.61. The number of anilines is 1. The molecule has 0 aliphatic carbocycles. The highest BCUT2D eigenvalue weighted by Gasteiger charge is 2.06. The molecule has 0 bridgehead atoms. The zero-order valence-corrected chi connectivity index (χ0v) is 11.5. The van der Waals surface area contributed by atoms with Crippen molar-refractivity contribution in [2.24, 2.45) is 0 Å². The number of hydrogen-bond donors (Lipinski definition) is 1. The minimum absolute atomic E-state index is 0.521. The van der Waals surface area contributed by atoms with Crippen molar-refractivity contribution in [1.29, 1.82) is 0 Å². The quantitative estimate of drug-likeness (QED) is 0.923. The van der Waals surface area contributed by atoms with Gasteiger partial charge < -0.3 is 5.73 Å². The number of nitrogens with zero attached hydrogens (tertiary/aromatic N) is 2. The van der Waals surface area contributed by atoms with Crippen LogP contribution in [0.15, 0.2) is 28.7 Å². The fraction of sp³-hybridized carbons (Fsp3) is 0.231. The first-order valence-corrected chi connectivity index (χ1v) is 6.29. The van der Waals surface area contributed by atoms with Crippen molar-refractivity contribution in [1.82, 2.24) is 9.97 Å². The van der Waals surface area contributed by atoms with E-state index in [-0.39, 0.29) is 0 Å². The Balaban J connectivity index is 2.52. The van der Waals surface area contributed by atoms with E-state index in [4.69, 9.17) is 5.73 Å². The van der Waals surface area contributed by atoms with Crippen LogP contribution in [0.3, 0.4) is 0 Å². The summed E-state index contributed by atoms with van der Waals surface area (Å²) in [5.74, 6) is 1.21. The van der Waals surface area contributed by atoms with Gasteiger partial charge >= 0.3 is 0 Å². The smallest absolute Gasteiger partial charge is 0.161 e. The number of halogens is 1. The van der Waals surface area contributed by atoms with E-state index >= 15 is 0 Å². The van der Waals surface area contributed by atoms with Gasteiger partial charge in [0.25, 0.3) is 0 Å². The van der Waals surface area contributed by atoms with Crippen molar-refractivity contribution in [2.75, 3.05) is 5.73 Å². The molecule has 0 aliphatic heterocycles. The standard InChI is InChI=1S/C13H14BrN3/c1-3-10-7-12(15)17-13(16-10)9-4-5-11(14)8(2)6-9/h4-7H,3H2,1-2H3,(H2,15,16,17). The van der Waals surface area contributed by atoms with Gasteiger partial charge in [0.15, 0.2) is 5.82 Å². The van der Waals surface area contributed by atoms with Crippen LogP contribution in [0.5, 0.6) is 0 Å². The molecule has 4 heteroatoms. The zero-order valence-electron chi connectivity index (χ0n) is 9.87. The van der Waals surface area contributed by atoms with Crippen LogP contribution in [0.4, 0.5) is 5.82 Å². The van der Waals surface area contributed by atoms with Crippen molar-refractivity contribution >= 4 is 21.7 Å². The molecule has 0 spiro atoms. The average molecular weight is 292 g/mol. The second-order valence-electron chi connectivity index (χ2n) is 3.93. The maximum atomic E-state index is 5.78. The lowest BCUT2D eigenvalue weighted by Crippen LogP contribution is -1.99. The lowest BCUT2D eigenvalue weighted by molar-refractivity contribution is 1.01. The monoisotopic (exact) mass is 291 g/mol. The number of aryl methyl sites for hydroxylation is 2. The normalized spacial score (nSPS) is 10.5. The summed E-state index contributed by atoms with van der Waals surface area (Å²) in [7, 11) is 0. The molecule has 1 aromatic heterocycles. The SMILES string of the molecule is CCc1cc(N)nc(-c2ccc(Br)c(C)c2)n1. The van der Waals surface area contributed by atoms with E-state index in [0.29, 0.717) is 11.6 Å². The number of rotatable bonds is 2. The third-order valence-electron chi connectivity index (χ3n) is 2.58. The van der Waals surface area contributed by atoms with Crippen LogP contribution >= 0.6 is 15.9 Å². The number of aromatic nitrogens is 2. The molecule has 2 N–H and O–H groups in total. The van der Waals surface area contributed by atoms with Gasteiger partial charge in [-0.3, -0.25) is 0 Å². The lowest BCUT2D eigenvalue weighted by atomic mass is 10.1. The highest BCUT2D eigenvalue weighted by atomic mass is 79.9. The maximum absolute atomic E-state index is 5.78. The molecule has 0 saturated carbocycles. The van der Waals surface area contributed by atoms with Gasteiger partial charge in [-0.25, -0.2) is 9.97 Å². The first-order valence-electron chi connectivity index (χ1n) is 5.50. The van der Waals surface area contributed by atoms with Crippen LogP contribution in [-0.4, -0.2) is 9.97 Å². The van der Waals surface area contributed by atoms with Gasteiger partial charge in [0.05, 0.1) is 0 Å². The molecular weight excluding hydrogens is 278 g/mol. The Labute approximate surface area is 109 Å². The van der Waals surface area contributed by atoms with Gasteiger partial charge in [-0.1, -0.05) is 28.9 Å². The van der Waals surface area contributed by atoms with Crippen molar-refractivity contribution in [3.63, 3.8) is 0 Å². The highest BCUT2D eigenvalue weighted by Crippen LogP contribution is 2.23. The van der Waals surface area contributed by atoms with Crippen molar-refractivity contribution < 1.29 is 0 Å². The van der Waals surface area contributed by atoms with Gasteiger partial charge in [-0.15, -0.1) is 0 Å². The van der Waals surface area contributed by atoms with Crippen LogP contribution in [0, 0.1) is 6.92 Å². The molecule has 0 amide bonds. The number of nitrogen functional groups attached to an aromatic ring is 1. The molecule has 2 aromatic rings. The lowest BCUT2D eigenvalue weighted by Gasteiger charge is -2.06. The highest BCUT2D eigenvalue weighted by molar-refractivity contribution is 9.10. The van der Waals surface area contributed by atoms with E-state index in [0.717, 1.165) is 27.7 Å². The van der Waals surface area contributed by atoms with E-state index in [1.807, 2.05) is 25.1 Å². The topological polar surface area (TPSA) is 51.8 Å². The van der Waals surface area contributed by atoms with Gasteiger partial charge in [0.2, 0.25) is 0 Å². The van der Waals surface area contributed by atoms with Gasteiger partial charge in [-0.05, 0) is 31.0 Å². The Bertz CT molecular complexity index is 552. The fourth-order valence-corrected chi connectivity index (χ4v) is 1.86. The second kappa shape index (κ2) is 4.84. The van der Waals surface area contributed by atoms with E-state index in [9.17, 15) is 0 Å². The summed E-state index contributed by atoms with van der Waals surface area (Å²) < 4.78 is 1.08. The molecule has 1 heterocycles. The minimum Gasteiger partial charge on any atom is -0.384 e. The Kier molecular flexibility index (Phi) is 3.43. The first kappa shape index (κ1) is 12.0. The molecule has 1 aromatic carbocycles. The van der Waals surface area contributed by atoms with Crippen molar-refractivity contribution in [3.8, 4) is 11.4 Å². The van der Waals surface area contributed by atoms with Gasteiger partial charge in [0, 0.05) is 21.8 Å². The Morgan fingerprint density at radius 3 is 2.65 bits per heavy atom. The number of nitrogens with two attached hydrogens (primary N) is 1. The van der Waals surface area contributed by atoms with E-state index in [1.165, 1.54) is 0 Å². The Morgan fingerprint density at radius 1 is 1.24 bits per heavy atom. The third kappa shape index (κ3) is 2.64. The Hall–Kier alpha value is -1.42. The van der Waals surface area contributed by atoms with Gasteiger partial charge in [-0.2, -0.15) is 0 Å². The molecule has 3 nitrogen and oxygen atoms in total. The summed E-state index contributed by atoms with van der Waals surface area (Å²) in [6, 6.07) is 7.86. The van der Waals surface area contributed by atoms with E-state index in [2.05, 4.69) is 38.9 Å². The van der Waals surface area contributed by atoms with Crippen LogP contribution in [0.1, 0.15) is 18.2 Å². The largest absolute Gasteiger partial charge is 0.384 e. The third-order valence-corrected chi connectivity index (χ3v) is 3.47. The number of benzene rings is 1. The second-order valence-corrected chi connectivity index (χ2v) is 4.78. The zero-order chi connectivity index (χ0) is 12.4. The van der Waals surface area contributed by atoms with Crippen LogP contribution in [0.25, 0.3) is 11.4 Å². The average Bonchev–Trinajstić information content (AvgIpc) is 2.32. The molecule has 0 saturated heterocycles. The predicted octanol–water partition coefficient (Wildman–Crippen LogP) is 3.36. The molecule has 0 atom stereocenters. The summed E-state index contributed by atoms with van der Waals surface area (Å²) in [6.07, 6.45) is 0.856. The molecular formula is C13H14BrN3. The maximum Gasteiger partial charge on any atom is 0.161 e. The van der Waals surface area contributed by atoms with Crippen LogP contribution in [-0.2, 0) is 6.42 Å². The van der Waals surface area contributed by atoms with Gasteiger partial charge in [0.1, 0.15) is 5.82 Å². The molecule has 2 rings (SSSR count). The summed E-state index contributed by atoms with van der Waals surface area (Å²) in [5, 5.41) is 0. The predicted molar refractivity (Wildman–Crippen MR) is 73.7 cm³/mol. The number of hydrogen-bond acceptors (Lipinski definition) is 3. The van der Waals surface area contributed by atoms with E-state index in [1.54, 1.807) is 0 Å². The first-order chi connectivity index (χ1) is 8.10. The molecule has 17 heavy (non-hydrogen) atoms. The van der Waals surface area contributed by atoms with Crippen molar-refractivity contribution in [3.05, 3.63) is 40.0 Å². The molecule has 0 fully saturated rings. The van der Waals surface area contributed by atoms with Crippen molar-refractivity contribution in [2.45, 2.75) is 20.3 Å².